The van der Waals surface area contributed by atoms with Crippen LogP contribution < -0.4 is 0 Å². The minimum Gasteiger partial charge on any atom is -0.388 e. The number of aliphatic hydroxyl groups is 3. The number of unbranched alkanes of at least 4 members (excludes halogenated alkanes) is 10. The van der Waals surface area contributed by atoms with Crippen molar-refractivity contribution in [3.8, 4) is 0 Å². The van der Waals surface area contributed by atoms with Crippen LogP contribution in [0.4, 0.5) is 0 Å². The molecule has 0 aromatic carbocycles. The normalized spacial score (nSPS) is 24.1. The molecule has 4 atom stereocenters. The predicted molar refractivity (Wildman–Crippen MR) is 109 cm³/mol. The summed E-state index contributed by atoms with van der Waals surface area (Å²) in [6.45, 7) is 3.06. The van der Waals surface area contributed by atoms with Gasteiger partial charge >= 0.3 is 0 Å². The number of hydrogen-bond donors (Lipinski definition) is 3. The van der Waals surface area contributed by atoms with E-state index in [1.165, 1.54) is 57.8 Å². The number of rotatable bonds is 17. The van der Waals surface area contributed by atoms with Crippen molar-refractivity contribution in [2.24, 2.45) is 0 Å². The number of ether oxygens (including phenoxy) is 2. The monoisotopic (exact) mass is 386 g/mol. The number of hydrogen-bond acceptors (Lipinski definition) is 5. The van der Waals surface area contributed by atoms with E-state index in [1.807, 2.05) is 0 Å². The van der Waals surface area contributed by atoms with Crippen molar-refractivity contribution in [1.82, 2.24) is 0 Å². The van der Waals surface area contributed by atoms with E-state index in [4.69, 9.17) is 9.47 Å². The van der Waals surface area contributed by atoms with Crippen LogP contribution in [0.2, 0.25) is 0 Å². The minimum atomic E-state index is -1.03. The van der Waals surface area contributed by atoms with Gasteiger partial charge in [0, 0.05) is 6.61 Å². The molecule has 0 aromatic heterocycles. The molecule has 1 saturated heterocycles. The van der Waals surface area contributed by atoms with Gasteiger partial charge in [-0.1, -0.05) is 64.0 Å². The van der Waals surface area contributed by atoms with Gasteiger partial charge in [-0.2, -0.15) is 0 Å². The molecule has 160 valence electrons. The lowest BCUT2D eigenvalue weighted by Gasteiger charge is -2.20. The van der Waals surface area contributed by atoms with Crippen LogP contribution in [-0.2, 0) is 9.47 Å². The first-order valence-electron chi connectivity index (χ1n) is 11.0. The van der Waals surface area contributed by atoms with Crippen LogP contribution in [0, 0.1) is 0 Å². The average molecular weight is 387 g/mol. The fourth-order valence-corrected chi connectivity index (χ4v) is 3.36. The molecule has 0 aliphatic carbocycles. The van der Waals surface area contributed by atoms with Gasteiger partial charge in [0.05, 0.1) is 13.2 Å². The Labute approximate surface area is 165 Å². The predicted octanol–water partition coefficient (Wildman–Crippen LogP) is 3.74. The molecule has 27 heavy (non-hydrogen) atoms. The number of aliphatic hydroxyl groups excluding tert-OH is 3. The van der Waals surface area contributed by atoms with E-state index in [2.05, 4.69) is 19.1 Å². The Bertz CT molecular complexity index is 361. The Balaban J connectivity index is 1.82. The summed E-state index contributed by atoms with van der Waals surface area (Å²) in [6, 6.07) is 0. The van der Waals surface area contributed by atoms with Gasteiger partial charge in [-0.3, -0.25) is 0 Å². The van der Waals surface area contributed by atoms with Crippen LogP contribution in [0.5, 0.6) is 0 Å². The molecule has 1 aliphatic rings. The van der Waals surface area contributed by atoms with Gasteiger partial charge in [-0.05, 0) is 32.1 Å². The molecule has 1 rings (SSSR count). The van der Waals surface area contributed by atoms with Gasteiger partial charge in [-0.25, -0.2) is 0 Å². The van der Waals surface area contributed by atoms with E-state index >= 15 is 0 Å². The van der Waals surface area contributed by atoms with Crippen molar-refractivity contribution in [2.45, 2.75) is 108 Å². The molecule has 1 aliphatic heterocycles. The molecule has 5 nitrogen and oxygen atoms in total. The summed E-state index contributed by atoms with van der Waals surface area (Å²) in [5.41, 5.74) is 0. The van der Waals surface area contributed by atoms with Crippen LogP contribution in [0.25, 0.3) is 0 Å². The Morgan fingerprint density at radius 2 is 1.52 bits per heavy atom. The summed E-state index contributed by atoms with van der Waals surface area (Å²) in [6.07, 6.45) is 16.1. The number of allylic oxidation sites excluding steroid dienone is 2. The molecule has 0 radical (unpaired) electrons. The molecule has 0 bridgehead atoms. The molecule has 3 N–H and O–H groups in total. The fourth-order valence-electron chi connectivity index (χ4n) is 3.36. The van der Waals surface area contributed by atoms with E-state index < -0.39 is 24.4 Å². The van der Waals surface area contributed by atoms with Gasteiger partial charge in [-0.15, -0.1) is 0 Å². The first kappa shape index (κ1) is 24.6. The van der Waals surface area contributed by atoms with Gasteiger partial charge in [0.25, 0.3) is 0 Å². The molecule has 0 unspecified atom stereocenters. The zero-order chi connectivity index (χ0) is 19.7. The van der Waals surface area contributed by atoms with Crippen LogP contribution in [0.15, 0.2) is 12.2 Å². The first-order valence-corrected chi connectivity index (χ1v) is 11.0. The maximum Gasteiger partial charge on any atom is 0.114 e. The standard InChI is InChI=1S/C22H42O5/c1-2-3-4-5-6-7-8-9-10-11-12-13-14-15-16-26-17-20(24)22-21(25)19(23)18-27-22/h9-10,19-25H,2-8,11-18H2,1H3/b10-9+/t19-,20+,21-,22-/m0/s1. The van der Waals surface area contributed by atoms with Crippen molar-refractivity contribution < 1.29 is 24.8 Å². The summed E-state index contributed by atoms with van der Waals surface area (Å²) in [5, 5.41) is 29.0. The lowest BCUT2D eigenvalue weighted by Crippen LogP contribution is -2.40. The van der Waals surface area contributed by atoms with Crippen molar-refractivity contribution in [3.05, 3.63) is 12.2 Å². The Morgan fingerprint density at radius 3 is 2.11 bits per heavy atom. The molecule has 0 saturated carbocycles. The Morgan fingerprint density at radius 1 is 0.926 bits per heavy atom. The molecule has 1 heterocycles. The highest BCUT2D eigenvalue weighted by atomic mass is 16.5. The highest BCUT2D eigenvalue weighted by Crippen LogP contribution is 2.18. The summed E-state index contributed by atoms with van der Waals surface area (Å²) in [5.74, 6) is 0. The van der Waals surface area contributed by atoms with Gasteiger partial charge in [0.15, 0.2) is 0 Å². The van der Waals surface area contributed by atoms with E-state index in [0.717, 1.165) is 19.3 Å². The third kappa shape index (κ3) is 11.9. The highest BCUT2D eigenvalue weighted by Gasteiger charge is 2.39. The Hall–Kier alpha value is -0.460. The van der Waals surface area contributed by atoms with Gasteiger partial charge in [0.1, 0.15) is 24.4 Å². The van der Waals surface area contributed by atoms with Crippen LogP contribution in [0.3, 0.4) is 0 Å². The minimum absolute atomic E-state index is 0.0658. The fraction of sp³-hybridized carbons (Fsp3) is 0.909. The van der Waals surface area contributed by atoms with Crippen LogP contribution in [0.1, 0.15) is 84.0 Å². The van der Waals surface area contributed by atoms with Crippen molar-refractivity contribution >= 4 is 0 Å². The molecule has 0 aromatic rings. The summed E-state index contributed by atoms with van der Waals surface area (Å²) in [7, 11) is 0. The lowest BCUT2D eigenvalue weighted by molar-refractivity contribution is -0.0813. The SMILES string of the molecule is CCCCCCCC/C=C/CCCCCCOC[C@@H](O)[C@@H]1OC[C@H](O)[C@@H]1O. The van der Waals surface area contributed by atoms with Crippen molar-refractivity contribution in [1.29, 1.82) is 0 Å². The highest BCUT2D eigenvalue weighted by molar-refractivity contribution is 4.87. The van der Waals surface area contributed by atoms with Crippen LogP contribution in [-0.4, -0.2) is 59.6 Å². The summed E-state index contributed by atoms with van der Waals surface area (Å²) in [4.78, 5) is 0. The Kier molecular flexibility index (Phi) is 15.0. The lowest BCUT2D eigenvalue weighted by atomic mass is 10.1. The quantitative estimate of drug-likeness (QED) is 0.262. The van der Waals surface area contributed by atoms with Gasteiger partial charge < -0.3 is 24.8 Å². The van der Waals surface area contributed by atoms with E-state index in [0.29, 0.717) is 6.61 Å². The van der Waals surface area contributed by atoms with Crippen LogP contribution >= 0.6 is 0 Å². The topological polar surface area (TPSA) is 79.2 Å². The second kappa shape index (κ2) is 16.5. The molecule has 5 heteroatoms. The molecular formula is C22H42O5. The summed E-state index contributed by atoms with van der Waals surface area (Å²) < 4.78 is 10.6. The van der Waals surface area contributed by atoms with Crippen molar-refractivity contribution in [2.75, 3.05) is 19.8 Å². The third-order valence-electron chi connectivity index (χ3n) is 5.16. The molecule has 0 amide bonds. The van der Waals surface area contributed by atoms with E-state index in [-0.39, 0.29) is 13.2 Å². The smallest absolute Gasteiger partial charge is 0.114 e. The first-order chi connectivity index (χ1) is 13.2. The zero-order valence-electron chi connectivity index (χ0n) is 17.2. The maximum atomic E-state index is 9.92. The molecule has 0 spiro atoms. The largest absolute Gasteiger partial charge is 0.388 e. The third-order valence-corrected chi connectivity index (χ3v) is 5.16. The second-order valence-corrected chi connectivity index (χ2v) is 7.73. The average Bonchev–Trinajstić information content (AvgIpc) is 3.00. The summed E-state index contributed by atoms with van der Waals surface area (Å²) >= 11 is 0. The van der Waals surface area contributed by atoms with E-state index in [1.54, 1.807) is 0 Å². The van der Waals surface area contributed by atoms with Crippen molar-refractivity contribution in [3.63, 3.8) is 0 Å². The molecular weight excluding hydrogens is 344 g/mol. The maximum absolute atomic E-state index is 9.92. The van der Waals surface area contributed by atoms with E-state index in [9.17, 15) is 15.3 Å². The molecule has 1 fully saturated rings. The second-order valence-electron chi connectivity index (χ2n) is 7.73. The van der Waals surface area contributed by atoms with Gasteiger partial charge in [0.2, 0.25) is 0 Å². The zero-order valence-corrected chi connectivity index (χ0v) is 17.2.